The Kier molecular flexibility index (Phi) is 4.24. The van der Waals surface area contributed by atoms with Crippen LogP contribution in [0.5, 0.6) is 0 Å². The van der Waals surface area contributed by atoms with Gasteiger partial charge in [0.15, 0.2) is 0 Å². The van der Waals surface area contributed by atoms with Crippen molar-refractivity contribution in [3.63, 3.8) is 0 Å². The highest BCUT2D eigenvalue weighted by molar-refractivity contribution is 7.72. The van der Waals surface area contributed by atoms with Gasteiger partial charge in [-0.25, -0.2) is 0 Å². The fourth-order valence-electron chi connectivity index (χ4n) is 0.641. The van der Waals surface area contributed by atoms with Crippen molar-refractivity contribution in [2.75, 3.05) is 6.54 Å². The average molecular weight is 245 g/mol. The number of hydrogen-bond donors (Lipinski definition) is 5. The van der Waals surface area contributed by atoms with Crippen LogP contribution in [-0.2, 0) is 9.13 Å². The van der Waals surface area contributed by atoms with Crippen LogP contribution in [0.1, 0.15) is 6.92 Å². The largest absolute Gasteiger partial charge is 0.357 e. The van der Waals surface area contributed by atoms with Gasteiger partial charge in [0.1, 0.15) is 0 Å². The molecule has 0 aromatic rings. The molecule has 0 aromatic carbocycles. The molecule has 0 aliphatic carbocycles. The third-order valence-corrected chi connectivity index (χ3v) is 5.86. The van der Waals surface area contributed by atoms with Crippen LogP contribution in [0, 0.1) is 0 Å². The van der Waals surface area contributed by atoms with E-state index in [0.717, 1.165) is 6.92 Å². The maximum atomic E-state index is 10.9. The number of nitrogens with one attached hydrogen (secondary N) is 1. The van der Waals surface area contributed by atoms with E-state index in [1.54, 1.807) is 0 Å². The van der Waals surface area contributed by atoms with Gasteiger partial charge in [-0.15, -0.1) is 6.58 Å². The van der Waals surface area contributed by atoms with Crippen LogP contribution < -0.4 is 5.32 Å². The topological polar surface area (TPSA) is 127 Å². The molecular formula is C5H13NO6P2. The Hall–Kier alpha value is -0.0000000000000000416. The lowest BCUT2D eigenvalue weighted by atomic mass is 10.6. The van der Waals surface area contributed by atoms with Gasteiger partial charge in [-0.05, 0) is 6.92 Å². The average Bonchev–Trinajstić information content (AvgIpc) is 1.95. The first-order valence-electron chi connectivity index (χ1n) is 3.53. The molecule has 0 aliphatic rings. The monoisotopic (exact) mass is 245 g/mol. The van der Waals surface area contributed by atoms with Crippen LogP contribution in [0.25, 0.3) is 0 Å². The fraction of sp³-hybridized carbons (Fsp3) is 0.600. The van der Waals surface area contributed by atoms with Gasteiger partial charge < -0.3 is 19.6 Å². The van der Waals surface area contributed by atoms with E-state index in [0.29, 0.717) is 0 Å². The molecule has 84 valence electrons. The van der Waals surface area contributed by atoms with Gasteiger partial charge in [-0.1, -0.05) is 6.08 Å². The first-order valence-corrected chi connectivity index (χ1v) is 6.76. The molecule has 0 bridgehead atoms. The van der Waals surface area contributed by atoms with Crippen molar-refractivity contribution < 1.29 is 28.7 Å². The Bertz CT molecular complexity index is 281. The second-order valence-corrected chi connectivity index (χ2v) is 7.10. The van der Waals surface area contributed by atoms with Crippen molar-refractivity contribution >= 4 is 15.2 Å². The smallest absolute Gasteiger partial charge is 0.323 e. The van der Waals surface area contributed by atoms with E-state index in [4.69, 9.17) is 19.6 Å². The maximum absolute atomic E-state index is 10.9. The summed E-state index contributed by atoms with van der Waals surface area (Å²) in [6.07, 6.45) is 1.24. The summed E-state index contributed by atoms with van der Waals surface area (Å²) in [5.74, 6) is 0. The van der Waals surface area contributed by atoms with E-state index in [1.165, 1.54) is 6.08 Å². The summed E-state index contributed by atoms with van der Waals surface area (Å²) in [5.41, 5.74) is 0. The minimum Gasteiger partial charge on any atom is -0.323 e. The molecule has 0 rings (SSSR count). The van der Waals surface area contributed by atoms with Gasteiger partial charge in [0.05, 0.1) is 0 Å². The van der Waals surface area contributed by atoms with Gasteiger partial charge in [0, 0.05) is 6.54 Å². The summed E-state index contributed by atoms with van der Waals surface area (Å²) in [6.45, 7) is 3.92. The van der Waals surface area contributed by atoms with E-state index in [9.17, 15) is 9.13 Å². The predicted molar refractivity (Wildman–Crippen MR) is 50.7 cm³/mol. The molecular weight excluding hydrogens is 232 g/mol. The second kappa shape index (κ2) is 4.24. The first-order chi connectivity index (χ1) is 6.06. The Morgan fingerprint density at radius 1 is 1.29 bits per heavy atom. The van der Waals surface area contributed by atoms with Crippen LogP contribution in [-0.4, -0.2) is 31.1 Å². The lowest BCUT2D eigenvalue weighted by Gasteiger charge is -2.31. The van der Waals surface area contributed by atoms with Crippen LogP contribution in [0.15, 0.2) is 12.7 Å². The van der Waals surface area contributed by atoms with Gasteiger partial charge in [0.25, 0.3) is 0 Å². The summed E-state index contributed by atoms with van der Waals surface area (Å²) in [6, 6.07) is 0. The SMILES string of the molecule is C=CCNC(C)(P(=O)(O)O)P(=O)(O)O. The second-order valence-electron chi connectivity index (χ2n) is 2.78. The van der Waals surface area contributed by atoms with E-state index >= 15 is 0 Å². The van der Waals surface area contributed by atoms with Gasteiger partial charge in [0.2, 0.25) is 5.02 Å². The van der Waals surface area contributed by atoms with Crippen molar-refractivity contribution in [3.05, 3.63) is 12.7 Å². The molecule has 0 aliphatic heterocycles. The van der Waals surface area contributed by atoms with E-state index in [2.05, 4.69) is 11.9 Å². The minimum atomic E-state index is -4.96. The summed E-state index contributed by atoms with van der Waals surface area (Å²) < 4.78 is 21.8. The maximum Gasteiger partial charge on any atom is 0.357 e. The molecule has 0 heterocycles. The Morgan fingerprint density at radius 2 is 1.64 bits per heavy atom. The molecule has 0 aromatic heterocycles. The van der Waals surface area contributed by atoms with Crippen molar-refractivity contribution in [1.29, 1.82) is 0 Å². The van der Waals surface area contributed by atoms with Crippen LogP contribution in [0.2, 0.25) is 0 Å². The standard InChI is InChI=1S/C5H13NO6P2/c1-3-4-6-5(2,13(7,8)9)14(10,11)12/h3,6H,1,4H2,2H3,(H2,7,8,9)(H2,10,11,12). The van der Waals surface area contributed by atoms with E-state index in [1.807, 2.05) is 0 Å². The van der Waals surface area contributed by atoms with Gasteiger partial charge >= 0.3 is 15.2 Å². The van der Waals surface area contributed by atoms with Crippen molar-refractivity contribution in [3.8, 4) is 0 Å². The summed E-state index contributed by atoms with van der Waals surface area (Å²) in [4.78, 5) is 35.3. The molecule has 7 nitrogen and oxygen atoms in total. The van der Waals surface area contributed by atoms with Crippen LogP contribution in [0.4, 0.5) is 0 Å². The molecule has 0 amide bonds. The van der Waals surface area contributed by atoms with Crippen LogP contribution >= 0.6 is 15.2 Å². The summed E-state index contributed by atoms with van der Waals surface area (Å²) >= 11 is 0. The minimum absolute atomic E-state index is 0.118. The zero-order chi connectivity index (χ0) is 11.6. The molecule has 0 saturated carbocycles. The predicted octanol–water partition coefficient (Wildman–Crippen LogP) is -0.209. The van der Waals surface area contributed by atoms with Gasteiger partial charge in [-0.2, -0.15) is 0 Å². The zero-order valence-electron chi connectivity index (χ0n) is 7.49. The molecule has 0 unspecified atom stereocenters. The molecule has 0 spiro atoms. The highest BCUT2D eigenvalue weighted by Crippen LogP contribution is 2.66. The molecule has 0 atom stereocenters. The van der Waals surface area contributed by atoms with Crippen molar-refractivity contribution in [2.24, 2.45) is 0 Å². The normalized spacial score (nSPS) is 14.1. The highest BCUT2D eigenvalue weighted by atomic mass is 31.2. The summed E-state index contributed by atoms with van der Waals surface area (Å²) in [5, 5.41) is -0.480. The summed E-state index contributed by atoms with van der Waals surface area (Å²) in [7, 11) is -9.92. The van der Waals surface area contributed by atoms with E-state index < -0.39 is 20.2 Å². The quantitative estimate of drug-likeness (QED) is 0.335. The molecule has 14 heavy (non-hydrogen) atoms. The van der Waals surface area contributed by atoms with E-state index in [-0.39, 0.29) is 6.54 Å². The van der Waals surface area contributed by atoms with Crippen molar-refractivity contribution in [2.45, 2.75) is 11.9 Å². The molecule has 9 heteroatoms. The molecule has 0 saturated heterocycles. The number of rotatable bonds is 5. The Labute approximate surface area is 81.2 Å². The lowest BCUT2D eigenvalue weighted by molar-refractivity contribution is 0.298. The zero-order valence-corrected chi connectivity index (χ0v) is 9.28. The molecule has 0 radical (unpaired) electrons. The Morgan fingerprint density at radius 3 is 1.86 bits per heavy atom. The van der Waals surface area contributed by atoms with Crippen molar-refractivity contribution in [1.82, 2.24) is 5.32 Å². The van der Waals surface area contributed by atoms with Crippen LogP contribution in [0.3, 0.4) is 0 Å². The lowest BCUT2D eigenvalue weighted by Crippen LogP contribution is -2.41. The third kappa shape index (κ3) is 2.74. The molecule has 5 N–H and O–H groups in total. The fourth-order valence-corrected chi connectivity index (χ4v) is 2.59. The van der Waals surface area contributed by atoms with Gasteiger partial charge in [-0.3, -0.25) is 14.4 Å². The third-order valence-electron chi connectivity index (χ3n) is 1.72. The highest BCUT2D eigenvalue weighted by Gasteiger charge is 2.55. The number of hydrogen-bond acceptors (Lipinski definition) is 3. The first kappa shape index (κ1) is 14.0. The Balaban J connectivity index is 5.18. The molecule has 0 fully saturated rings.